The molecule has 0 aromatic heterocycles. The van der Waals surface area contributed by atoms with Crippen LogP contribution in [-0.2, 0) is 11.3 Å². The van der Waals surface area contributed by atoms with Crippen LogP contribution >= 0.6 is 0 Å². The molecule has 0 saturated carbocycles. The van der Waals surface area contributed by atoms with Crippen LogP contribution in [0, 0.1) is 10.1 Å². The van der Waals surface area contributed by atoms with Gasteiger partial charge in [-0.2, -0.15) is 0 Å². The number of nitrogens with zero attached hydrogens (tertiary/aromatic N) is 2. The minimum atomic E-state index is -1.16. The Morgan fingerprint density at radius 2 is 1.96 bits per heavy atom. The average molecular weight is 362 g/mol. The minimum Gasteiger partial charge on any atom is -0.497 e. The molecule has 0 heterocycles. The van der Waals surface area contributed by atoms with E-state index in [1.165, 1.54) is 6.08 Å². The standard InChI is InChI=1S/C18H26N4O4/c1-21(2)9-8-18(20)11-16(15(19)10-17(18)22(23)24)26-12-13-4-6-14(25-3)7-5-13/h4-7,10-11,17H,8-9,12,19-20H2,1-3H3. The molecule has 1 aliphatic rings. The SMILES string of the molecule is COc1ccc(COC2=CC(N)(CCN(C)C)C([N+](=O)[O-])C=C2N)cc1. The van der Waals surface area contributed by atoms with Gasteiger partial charge in [-0.15, -0.1) is 0 Å². The zero-order valence-corrected chi connectivity index (χ0v) is 15.3. The Morgan fingerprint density at radius 3 is 2.50 bits per heavy atom. The van der Waals surface area contributed by atoms with E-state index in [0.29, 0.717) is 18.7 Å². The molecule has 2 atom stereocenters. The van der Waals surface area contributed by atoms with Crippen LogP contribution in [-0.4, -0.2) is 49.2 Å². The lowest BCUT2D eigenvalue weighted by Gasteiger charge is -2.32. The van der Waals surface area contributed by atoms with Gasteiger partial charge in [0.2, 0.25) is 0 Å². The van der Waals surface area contributed by atoms with Crippen LogP contribution in [0.4, 0.5) is 0 Å². The lowest BCUT2D eigenvalue weighted by Crippen LogP contribution is -2.55. The topological polar surface area (TPSA) is 117 Å². The summed E-state index contributed by atoms with van der Waals surface area (Å²) in [4.78, 5) is 13.0. The normalized spacial score (nSPS) is 22.6. The van der Waals surface area contributed by atoms with Crippen molar-refractivity contribution in [2.45, 2.75) is 24.6 Å². The fourth-order valence-electron chi connectivity index (χ4n) is 2.72. The average Bonchev–Trinajstić information content (AvgIpc) is 2.61. The zero-order chi connectivity index (χ0) is 19.3. The van der Waals surface area contributed by atoms with Crippen LogP contribution in [0.1, 0.15) is 12.0 Å². The van der Waals surface area contributed by atoms with Crippen LogP contribution in [0.15, 0.2) is 47.9 Å². The van der Waals surface area contributed by atoms with E-state index >= 15 is 0 Å². The number of ether oxygens (including phenoxy) is 2. The first-order valence-electron chi connectivity index (χ1n) is 8.28. The first-order valence-corrected chi connectivity index (χ1v) is 8.28. The number of nitrogens with two attached hydrogens (primary N) is 2. The van der Waals surface area contributed by atoms with E-state index in [1.807, 2.05) is 43.3 Å². The number of hydrogen-bond donors (Lipinski definition) is 2. The van der Waals surface area contributed by atoms with Crippen LogP contribution in [0.3, 0.4) is 0 Å². The van der Waals surface area contributed by atoms with Crippen LogP contribution < -0.4 is 16.2 Å². The van der Waals surface area contributed by atoms with Crippen LogP contribution in [0.5, 0.6) is 5.75 Å². The van der Waals surface area contributed by atoms with E-state index < -0.39 is 16.5 Å². The molecule has 1 aliphatic carbocycles. The van der Waals surface area contributed by atoms with E-state index in [9.17, 15) is 10.1 Å². The van der Waals surface area contributed by atoms with Gasteiger partial charge in [-0.05, 0) is 50.8 Å². The summed E-state index contributed by atoms with van der Waals surface area (Å²) < 4.78 is 10.9. The monoisotopic (exact) mass is 362 g/mol. The van der Waals surface area contributed by atoms with Gasteiger partial charge < -0.3 is 25.8 Å². The molecule has 1 aromatic rings. The van der Waals surface area contributed by atoms with Crippen molar-refractivity contribution in [3.05, 3.63) is 63.6 Å². The molecule has 0 spiro atoms. The van der Waals surface area contributed by atoms with E-state index in [-0.39, 0.29) is 12.3 Å². The molecule has 26 heavy (non-hydrogen) atoms. The third-order valence-corrected chi connectivity index (χ3v) is 4.34. The number of nitro groups is 1. The molecule has 0 fully saturated rings. The van der Waals surface area contributed by atoms with Gasteiger partial charge in [0.1, 0.15) is 23.7 Å². The predicted octanol–water partition coefficient (Wildman–Crippen LogP) is 1.25. The second-order valence-corrected chi connectivity index (χ2v) is 6.66. The van der Waals surface area contributed by atoms with Crippen molar-refractivity contribution in [3.63, 3.8) is 0 Å². The summed E-state index contributed by atoms with van der Waals surface area (Å²) in [5, 5.41) is 11.4. The molecule has 142 valence electrons. The third-order valence-electron chi connectivity index (χ3n) is 4.34. The molecule has 4 N–H and O–H groups in total. The molecule has 8 heteroatoms. The number of benzene rings is 1. The Kier molecular flexibility index (Phi) is 6.23. The third kappa shape index (κ3) is 4.74. The summed E-state index contributed by atoms with van der Waals surface area (Å²) in [6.45, 7) is 0.883. The number of hydrogen-bond acceptors (Lipinski definition) is 7. The molecule has 0 radical (unpaired) electrons. The molecular formula is C18H26N4O4. The van der Waals surface area contributed by atoms with Crippen LogP contribution in [0.2, 0.25) is 0 Å². The summed E-state index contributed by atoms with van der Waals surface area (Å²) >= 11 is 0. The summed E-state index contributed by atoms with van der Waals surface area (Å²) in [6, 6.07) is 6.34. The van der Waals surface area contributed by atoms with Crippen molar-refractivity contribution in [3.8, 4) is 5.75 Å². The first-order chi connectivity index (χ1) is 12.2. The second kappa shape index (κ2) is 8.20. The molecular weight excluding hydrogens is 336 g/mol. The van der Waals surface area contributed by atoms with Gasteiger partial charge in [0.25, 0.3) is 6.04 Å². The fourth-order valence-corrected chi connectivity index (χ4v) is 2.72. The Bertz CT molecular complexity index is 700. The van der Waals surface area contributed by atoms with Gasteiger partial charge in [0.05, 0.1) is 12.8 Å². The maximum Gasteiger partial charge on any atom is 0.255 e. The van der Waals surface area contributed by atoms with Crippen molar-refractivity contribution >= 4 is 0 Å². The van der Waals surface area contributed by atoms with Crippen LogP contribution in [0.25, 0.3) is 0 Å². The molecule has 0 bridgehead atoms. The lowest BCUT2D eigenvalue weighted by molar-refractivity contribution is -0.518. The Morgan fingerprint density at radius 1 is 1.31 bits per heavy atom. The van der Waals surface area contributed by atoms with Crippen molar-refractivity contribution in [2.75, 3.05) is 27.7 Å². The van der Waals surface area contributed by atoms with Crippen molar-refractivity contribution in [1.82, 2.24) is 4.90 Å². The Labute approximate surface area is 153 Å². The van der Waals surface area contributed by atoms with Gasteiger partial charge >= 0.3 is 0 Å². The summed E-state index contributed by atoms with van der Waals surface area (Å²) in [5.74, 6) is 1.13. The fraction of sp³-hybridized carbons (Fsp3) is 0.444. The number of rotatable bonds is 8. The highest BCUT2D eigenvalue weighted by Gasteiger charge is 2.44. The number of methoxy groups -OCH3 is 1. The van der Waals surface area contributed by atoms with E-state index in [0.717, 1.165) is 11.3 Å². The molecule has 0 saturated heterocycles. The highest BCUT2D eigenvalue weighted by Crippen LogP contribution is 2.29. The second-order valence-electron chi connectivity index (χ2n) is 6.66. The highest BCUT2D eigenvalue weighted by atomic mass is 16.6. The van der Waals surface area contributed by atoms with Gasteiger partial charge in [0.15, 0.2) is 0 Å². The molecule has 0 amide bonds. The maximum atomic E-state index is 11.4. The molecule has 8 nitrogen and oxygen atoms in total. The smallest absolute Gasteiger partial charge is 0.255 e. The van der Waals surface area contributed by atoms with Gasteiger partial charge in [0, 0.05) is 11.0 Å². The van der Waals surface area contributed by atoms with Crippen molar-refractivity contribution < 1.29 is 14.4 Å². The highest BCUT2D eigenvalue weighted by molar-refractivity contribution is 5.36. The lowest BCUT2D eigenvalue weighted by atomic mass is 9.83. The zero-order valence-electron chi connectivity index (χ0n) is 15.3. The first kappa shape index (κ1) is 19.7. The summed E-state index contributed by atoms with van der Waals surface area (Å²) in [6.07, 6.45) is 3.37. The van der Waals surface area contributed by atoms with E-state index in [1.54, 1.807) is 13.2 Å². The van der Waals surface area contributed by atoms with E-state index in [2.05, 4.69) is 0 Å². The maximum absolute atomic E-state index is 11.4. The molecule has 2 unspecified atom stereocenters. The van der Waals surface area contributed by atoms with Gasteiger partial charge in [-0.25, -0.2) is 0 Å². The predicted molar refractivity (Wildman–Crippen MR) is 99.0 cm³/mol. The summed E-state index contributed by atoms with van der Waals surface area (Å²) in [5.41, 5.74) is 12.3. The molecule has 1 aromatic carbocycles. The Balaban J connectivity index is 2.16. The van der Waals surface area contributed by atoms with E-state index in [4.69, 9.17) is 20.9 Å². The van der Waals surface area contributed by atoms with Crippen molar-refractivity contribution in [1.29, 1.82) is 0 Å². The molecule has 0 aliphatic heterocycles. The van der Waals surface area contributed by atoms with Gasteiger partial charge in [-0.3, -0.25) is 10.1 Å². The van der Waals surface area contributed by atoms with Gasteiger partial charge in [-0.1, -0.05) is 12.1 Å². The Hall–Kier alpha value is -2.58. The quantitative estimate of drug-likeness (QED) is 0.528. The van der Waals surface area contributed by atoms with Crippen molar-refractivity contribution in [2.24, 2.45) is 11.5 Å². The molecule has 2 rings (SSSR count). The summed E-state index contributed by atoms with van der Waals surface area (Å²) in [7, 11) is 5.38. The largest absolute Gasteiger partial charge is 0.497 e. The minimum absolute atomic E-state index is 0.228.